The number of carboxylic acid groups (broad SMARTS) is 2. The van der Waals surface area contributed by atoms with Gasteiger partial charge in [-0.05, 0) is 24.3 Å². The van der Waals surface area contributed by atoms with Crippen LogP contribution in [0.4, 0.5) is 0 Å². The van der Waals surface area contributed by atoms with Gasteiger partial charge in [-0.3, -0.25) is 0 Å². The van der Waals surface area contributed by atoms with Crippen molar-refractivity contribution in [2.75, 3.05) is 0 Å². The van der Waals surface area contributed by atoms with Crippen LogP contribution in [0.25, 0.3) is 0 Å². The molecule has 8 heteroatoms. The Balaban J connectivity index is 2.47. The third-order valence-electron chi connectivity index (χ3n) is 3.06. The molecule has 0 radical (unpaired) electrons. The summed E-state index contributed by atoms with van der Waals surface area (Å²) in [5.41, 5.74) is 0. The molecule has 0 aliphatic carbocycles. The number of carboxylic acids is 2. The van der Waals surface area contributed by atoms with Crippen LogP contribution in [0.2, 0.25) is 0 Å². The summed E-state index contributed by atoms with van der Waals surface area (Å²) in [4.78, 5) is 23.0. The van der Waals surface area contributed by atoms with Crippen LogP contribution in [0.5, 0.6) is 11.5 Å². The first-order valence-electron chi connectivity index (χ1n) is 6.69. The molecule has 2 aromatic rings. The minimum absolute atomic E-state index is 0.182. The Labute approximate surface area is 136 Å². The van der Waals surface area contributed by atoms with E-state index >= 15 is 0 Å². The summed E-state index contributed by atoms with van der Waals surface area (Å²) in [6, 6.07) is 14.2. The third kappa shape index (κ3) is 3.14. The van der Waals surface area contributed by atoms with Crippen LogP contribution in [0.15, 0.2) is 60.7 Å². The van der Waals surface area contributed by atoms with Crippen LogP contribution in [-0.2, 0) is 9.59 Å². The Kier molecular flexibility index (Phi) is 4.72. The quantitative estimate of drug-likeness (QED) is 0.544. The highest BCUT2D eigenvalue weighted by atomic mass is 16.7. The highest BCUT2D eigenvalue weighted by molar-refractivity contribution is 5.88. The summed E-state index contributed by atoms with van der Waals surface area (Å²) in [5, 5.41) is 39.2. The fourth-order valence-corrected chi connectivity index (χ4v) is 1.83. The van der Waals surface area contributed by atoms with Crippen LogP contribution in [0, 0.1) is 0 Å². The van der Waals surface area contributed by atoms with Crippen LogP contribution >= 0.6 is 0 Å². The van der Waals surface area contributed by atoms with E-state index in [1.165, 1.54) is 48.5 Å². The van der Waals surface area contributed by atoms with Gasteiger partial charge >= 0.3 is 23.5 Å². The minimum Gasteiger partial charge on any atom is -0.476 e. The first-order chi connectivity index (χ1) is 11.3. The maximum absolute atomic E-state index is 11.5. The molecule has 8 nitrogen and oxygen atoms in total. The predicted molar refractivity (Wildman–Crippen MR) is 79.3 cm³/mol. The maximum Gasteiger partial charge on any atom is 0.387 e. The summed E-state index contributed by atoms with van der Waals surface area (Å²) in [7, 11) is 0. The lowest BCUT2D eigenvalue weighted by Gasteiger charge is -2.35. The Morgan fingerprint density at radius 3 is 1.21 bits per heavy atom. The highest BCUT2D eigenvalue weighted by Crippen LogP contribution is 2.30. The molecule has 0 saturated heterocycles. The molecule has 0 fully saturated rings. The molecule has 2 aromatic carbocycles. The van der Waals surface area contributed by atoms with E-state index in [1.807, 2.05) is 0 Å². The second-order valence-corrected chi connectivity index (χ2v) is 4.73. The molecule has 2 unspecified atom stereocenters. The topological polar surface area (TPSA) is 134 Å². The average Bonchev–Trinajstić information content (AvgIpc) is 2.56. The minimum atomic E-state index is -3.62. The third-order valence-corrected chi connectivity index (χ3v) is 3.06. The second-order valence-electron chi connectivity index (χ2n) is 4.73. The molecular weight excluding hydrogens is 320 g/mol. The number of benzene rings is 2. The van der Waals surface area contributed by atoms with E-state index in [9.17, 15) is 30.0 Å². The molecule has 0 aliphatic rings. The molecule has 2 rings (SSSR count). The van der Waals surface area contributed by atoms with Gasteiger partial charge in [-0.2, -0.15) is 0 Å². The molecule has 0 aliphatic heterocycles. The van der Waals surface area contributed by atoms with Gasteiger partial charge in [0, 0.05) is 0 Å². The van der Waals surface area contributed by atoms with E-state index in [4.69, 9.17) is 9.47 Å². The van der Waals surface area contributed by atoms with Crippen molar-refractivity contribution < 1.29 is 39.5 Å². The molecular formula is C16H14O8. The van der Waals surface area contributed by atoms with E-state index < -0.39 is 23.5 Å². The van der Waals surface area contributed by atoms with Crippen molar-refractivity contribution in [3.05, 3.63) is 60.7 Å². The number of rotatable bonds is 7. The van der Waals surface area contributed by atoms with Gasteiger partial charge in [0.05, 0.1) is 0 Å². The predicted octanol–water partition coefficient (Wildman–Crippen LogP) is 0.691. The van der Waals surface area contributed by atoms with Crippen LogP contribution in [-0.4, -0.2) is 43.9 Å². The molecule has 24 heavy (non-hydrogen) atoms. The van der Waals surface area contributed by atoms with Gasteiger partial charge in [0.2, 0.25) is 0 Å². The lowest BCUT2D eigenvalue weighted by Crippen LogP contribution is -2.70. The Bertz CT molecular complexity index is 654. The standard InChI is InChI=1S/C16H14O8/c17-13(18)15(21,23-11-7-3-1-4-8-11)16(22,14(19)20)24-12-9-5-2-6-10-12/h1-10,21-22H,(H,17,18)(H,19,20). The zero-order chi connectivity index (χ0) is 17.8. The number of aliphatic carboxylic acids is 2. The van der Waals surface area contributed by atoms with E-state index in [-0.39, 0.29) is 11.5 Å². The van der Waals surface area contributed by atoms with Crippen molar-refractivity contribution in [2.45, 2.75) is 11.6 Å². The molecule has 2 atom stereocenters. The number of aliphatic hydroxyl groups is 2. The highest BCUT2D eigenvalue weighted by Gasteiger charge is 2.67. The SMILES string of the molecule is O=C(O)C(O)(Oc1ccccc1)C(O)(Oc1ccccc1)C(=O)O. The summed E-state index contributed by atoms with van der Waals surface area (Å²) in [5.74, 6) is -11.9. The number of para-hydroxylation sites is 2. The van der Waals surface area contributed by atoms with Crippen molar-refractivity contribution in [2.24, 2.45) is 0 Å². The van der Waals surface area contributed by atoms with E-state index in [1.54, 1.807) is 12.1 Å². The summed E-state index contributed by atoms with van der Waals surface area (Å²) < 4.78 is 9.72. The summed E-state index contributed by atoms with van der Waals surface area (Å²) in [6.45, 7) is 0. The second kappa shape index (κ2) is 6.57. The lowest BCUT2D eigenvalue weighted by atomic mass is 10.1. The number of hydrogen-bond acceptors (Lipinski definition) is 6. The molecule has 0 spiro atoms. The van der Waals surface area contributed by atoms with Crippen molar-refractivity contribution in [3.8, 4) is 11.5 Å². The van der Waals surface area contributed by atoms with E-state index in [0.717, 1.165) is 0 Å². The zero-order valence-corrected chi connectivity index (χ0v) is 12.2. The number of ether oxygens (including phenoxy) is 2. The molecule has 0 amide bonds. The smallest absolute Gasteiger partial charge is 0.387 e. The first-order valence-corrected chi connectivity index (χ1v) is 6.69. The van der Waals surface area contributed by atoms with E-state index in [0.29, 0.717) is 0 Å². The maximum atomic E-state index is 11.5. The number of carbonyl (C=O) groups is 2. The summed E-state index contributed by atoms with van der Waals surface area (Å²) >= 11 is 0. The fourth-order valence-electron chi connectivity index (χ4n) is 1.83. The Morgan fingerprint density at radius 1 is 0.667 bits per heavy atom. The van der Waals surface area contributed by atoms with E-state index in [2.05, 4.69) is 0 Å². The van der Waals surface area contributed by atoms with Crippen LogP contribution in [0.1, 0.15) is 0 Å². The Morgan fingerprint density at radius 2 is 0.958 bits per heavy atom. The zero-order valence-electron chi connectivity index (χ0n) is 12.2. The van der Waals surface area contributed by atoms with Crippen molar-refractivity contribution >= 4 is 11.9 Å². The molecule has 0 saturated carbocycles. The number of hydrogen-bond donors (Lipinski definition) is 4. The molecule has 4 N–H and O–H groups in total. The van der Waals surface area contributed by atoms with Gasteiger partial charge in [-0.25, -0.2) is 9.59 Å². The fraction of sp³-hybridized carbons (Fsp3) is 0.125. The van der Waals surface area contributed by atoms with Gasteiger partial charge in [0.25, 0.3) is 0 Å². The Hall–Kier alpha value is -3.10. The van der Waals surface area contributed by atoms with Crippen molar-refractivity contribution in [3.63, 3.8) is 0 Å². The van der Waals surface area contributed by atoms with Gasteiger partial charge < -0.3 is 29.9 Å². The molecule has 0 bridgehead atoms. The molecule has 0 heterocycles. The molecule has 126 valence electrons. The normalized spacial score (nSPS) is 15.6. The van der Waals surface area contributed by atoms with Gasteiger partial charge in [-0.1, -0.05) is 36.4 Å². The lowest BCUT2D eigenvalue weighted by molar-refractivity contribution is -0.312. The van der Waals surface area contributed by atoms with Crippen LogP contribution in [0.3, 0.4) is 0 Å². The largest absolute Gasteiger partial charge is 0.476 e. The monoisotopic (exact) mass is 334 g/mol. The molecule has 0 aromatic heterocycles. The van der Waals surface area contributed by atoms with Crippen molar-refractivity contribution in [1.29, 1.82) is 0 Å². The van der Waals surface area contributed by atoms with Crippen molar-refractivity contribution in [1.82, 2.24) is 0 Å². The average molecular weight is 334 g/mol. The first kappa shape index (κ1) is 17.3. The van der Waals surface area contributed by atoms with Gasteiger partial charge in [0.15, 0.2) is 0 Å². The summed E-state index contributed by atoms with van der Waals surface area (Å²) in [6.07, 6.45) is 0. The van der Waals surface area contributed by atoms with Gasteiger partial charge in [0.1, 0.15) is 11.5 Å². The van der Waals surface area contributed by atoms with Crippen LogP contribution < -0.4 is 9.47 Å². The van der Waals surface area contributed by atoms with Gasteiger partial charge in [-0.15, -0.1) is 0 Å².